The third-order valence-electron chi connectivity index (χ3n) is 2.54. The molecule has 1 atom stereocenters. The quantitative estimate of drug-likeness (QED) is 0.904. The maximum Gasteiger partial charge on any atom is 0.162 e. The molecule has 0 radical (unpaired) electrons. The highest BCUT2D eigenvalue weighted by Crippen LogP contribution is 2.37. The number of halogens is 1. The van der Waals surface area contributed by atoms with E-state index in [1.165, 1.54) is 0 Å². The van der Waals surface area contributed by atoms with Gasteiger partial charge in [0.2, 0.25) is 0 Å². The molecule has 1 unspecified atom stereocenters. The van der Waals surface area contributed by atoms with E-state index in [0.717, 1.165) is 6.26 Å². The van der Waals surface area contributed by atoms with E-state index in [4.69, 9.17) is 26.8 Å². The number of nitrogens with two attached hydrogens (primary N) is 1. The van der Waals surface area contributed by atoms with Gasteiger partial charge in [0.1, 0.15) is 23.1 Å². The zero-order valence-electron chi connectivity index (χ0n) is 9.85. The summed E-state index contributed by atoms with van der Waals surface area (Å²) in [5.41, 5.74) is 6.40. The minimum Gasteiger partial charge on any atom is -0.486 e. The first-order valence-electron chi connectivity index (χ1n) is 5.39. The molecule has 1 aliphatic rings. The fourth-order valence-electron chi connectivity index (χ4n) is 1.78. The number of rotatable bonds is 3. The zero-order chi connectivity index (χ0) is 13.3. The smallest absolute Gasteiger partial charge is 0.162 e. The molecule has 0 fully saturated rings. The normalized spacial score (nSPS) is 16.4. The Balaban J connectivity index is 2.33. The van der Waals surface area contributed by atoms with Gasteiger partial charge < -0.3 is 15.2 Å². The summed E-state index contributed by atoms with van der Waals surface area (Å²) in [4.78, 5) is 0. The molecule has 1 aromatic carbocycles. The Morgan fingerprint density at radius 2 is 1.89 bits per heavy atom. The maximum absolute atomic E-state index is 11.2. The van der Waals surface area contributed by atoms with Crippen molar-refractivity contribution >= 4 is 21.4 Å². The average Bonchev–Trinajstić information content (AvgIpc) is 2.25. The molecule has 0 saturated heterocycles. The van der Waals surface area contributed by atoms with Crippen LogP contribution in [0.25, 0.3) is 0 Å². The Labute approximate surface area is 111 Å². The van der Waals surface area contributed by atoms with E-state index in [1.54, 1.807) is 12.1 Å². The third kappa shape index (κ3) is 3.07. The molecule has 0 amide bonds. The largest absolute Gasteiger partial charge is 0.486 e. The molecule has 0 aromatic heterocycles. The number of hydrogen-bond acceptors (Lipinski definition) is 5. The van der Waals surface area contributed by atoms with Gasteiger partial charge in [0.05, 0.1) is 5.75 Å². The molecule has 2 N–H and O–H groups in total. The van der Waals surface area contributed by atoms with Gasteiger partial charge >= 0.3 is 0 Å². The van der Waals surface area contributed by atoms with Crippen LogP contribution in [0.5, 0.6) is 11.5 Å². The van der Waals surface area contributed by atoms with Crippen molar-refractivity contribution in [2.45, 2.75) is 6.04 Å². The SMILES string of the molecule is CS(=O)(=O)CC(N)c1cc2c(cc1Cl)OCCO2. The molecule has 0 aliphatic carbocycles. The van der Waals surface area contributed by atoms with Gasteiger partial charge in [-0.3, -0.25) is 0 Å². The number of ether oxygens (including phenoxy) is 2. The number of fused-ring (bicyclic) bond motifs is 1. The average molecular weight is 292 g/mol. The molecule has 1 aliphatic heterocycles. The summed E-state index contributed by atoms with van der Waals surface area (Å²) in [7, 11) is -3.17. The molecular formula is C11H14ClNO4S. The lowest BCUT2D eigenvalue weighted by Crippen LogP contribution is -2.22. The van der Waals surface area contributed by atoms with Crippen LogP contribution in [0, 0.1) is 0 Å². The van der Waals surface area contributed by atoms with E-state index in [9.17, 15) is 8.42 Å². The van der Waals surface area contributed by atoms with Gasteiger partial charge in [-0.05, 0) is 11.6 Å². The van der Waals surface area contributed by atoms with Crippen LogP contribution in [-0.2, 0) is 9.84 Å². The van der Waals surface area contributed by atoms with Crippen LogP contribution < -0.4 is 15.2 Å². The summed E-state index contributed by atoms with van der Waals surface area (Å²) in [5, 5.41) is 0.385. The van der Waals surface area contributed by atoms with Gasteiger partial charge in [0.25, 0.3) is 0 Å². The van der Waals surface area contributed by atoms with Crippen LogP contribution in [0.4, 0.5) is 0 Å². The predicted octanol–water partition coefficient (Wildman–Crippen LogP) is 1.16. The van der Waals surface area contributed by atoms with Crippen LogP contribution in [0.15, 0.2) is 12.1 Å². The maximum atomic E-state index is 11.2. The van der Waals surface area contributed by atoms with Gasteiger partial charge in [-0.15, -0.1) is 0 Å². The van der Waals surface area contributed by atoms with Gasteiger partial charge in [-0.25, -0.2) is 8.42 Å². The van der Waals surface area contributed by atoms with Crippen molar-refractivity contribution in [3.63, 3.8) is 0 Å². The van der Waals surface area contributed by atoms with Crippen molar-refractivity contribution in [1.82, 2.24) is 0 Å². The van der Waals surface area contributed by atoms with Crippen LogP contribution in [0.3, 0.4) is 0 Å². The molecule has 0 spiro atoms. The second-order valence-electron chi connectivity index (χ2n) is 4.22. The topological polar surface area (TPSA) is 78.6 Å². The van der Waals surface area contributed by atoms with Crippen molar-refractivity contribution < 1.29 is 17.9 Å². The predicted molar refractivity (Wildman–Crippen MR) is 69.1 cm³/mol. The lowest BCUT2D eigenvalue weighted by atomic mass is 10.1. The highest BCUT2D eigenvalue weighted by atomic mass is 35.5. The summed E-state index contributed by atoms with van der Waals surface area (Å²) in [5.74, 6) is 0.943. The molecule has 5 nitrogen and oxygen atoms in total. The Bertz CT molecular complexity index is 558. The van der Waals surface area contributed by atoms with E-state index in [0.29, 0.717) is 35.3 Å². The van der Waals surface area contributed by atoms with Crippen LogP contribution in [0.2, 0.25) is 5.02 Å². The van der Waals surface area contributed by atoms with E-state index in [2.05, 4.69) is 0 Å². The molecule has 2 rings (SSSR count). The second-order valence-corrected chi connectivity index (χ2v) is 6.81. The van der Waals surface area contributed by atoms with Gasteiger partial charge in [-0.2, -0.15) is 0 Å². The fraction of sp³-hybridized carbons (Fsp3) is 0.455. The molecule has 1 aromatic rings. The van der Waals surface area contributed by atoms with Gasteiger partial charge in [0, 0.05) is 23.4 Å². The summed E-state index contributed by atoms with van der Waals surface area (Å²) < 4.78 is 33.3. The first kappa shape index (κ1) is 13.5. The summed E-state index contributed by atoms with van der Waals surface area (Å²) in [6.07, 6.45) is 1.14. The summed E-state index contributed by atoms with van der Waals surface area (Å²) in [6, 6.07) is 2.57. The minimum atomic E-state index is -3.17. The van der Waals surface area contributed by atoms with Crippen molar-refractivity contribution in [1.29, 1.82) is 0 Å². The molecule has 7 heteroatoms. The fourth-order valence-corrected chi connectivity index (χ4v) is 2.91. The Hall–Kier alpha value is -0.980. The van der Waals surface area contributed by atoms with Gasteiger partial charge in [0.15, 0.2) is 11.5 Å². The van der Waals surface area contributed by atoms with E-state index >= 15 is 0 Å². The van der Waals surface area contributed by atoms with Crippen molar-refractivity contribution in [2.75, 3.05) is 25.2 Å². The minimum absolute atomic E-state index is 0.160. The number of benzene rings is 1. The summed E-state index contributed by atoms with van der Waals surface area (Å²) >= 11 is 6.07. The highest BCUT2D eigenvalue weighted by molar-refractivity contribution is 7.90. The second kappa shape index (κ2) is 4.95. The van der Waals surface area contributed by atoms with Crippen LogP contribution in [0.1, 0.15) is 11.6 Å². The molecule has 18 heavy (non-hydrogen) atoms. The Morgan fingerprint density at radius 1 is 1.33 bits per heavy atom. The highest BCUT2D eigenvalue weighted by Gasteiger charge is 2.20. The molecule has 0 bridgehead atoms. The third-order valence-corrected chi connectivity index (χ3v) is 3.84. The molecule has 0 saturated carbocycles. The zero-order valence-corrected chi connectivity index (χ0v) is 11.4. The van der Waals surface area contributed by atoms with Crippen molar-refractivity contribution in [2.24, 2.45) is 5.73 Å². The standard InChI is InChI=1S/C11H14ClNO4S/c1-18(14,15)6-9(13)7-4-10-11(5-8(7)12)17-3-2-16-10/h4-5,9H,2-3,6,13H2,1H3. The summed E-state index contributed by atoms with van der Waals surface area (Å²) in [6.45, 7) is 0.924. The van der Waals surface area contributed by atoms with Crippen molar-refractivity contribution in [3.05, 3.63) is 22.7 Å². The van der Waals surface area contributed by atoms with E-state index < -0.39 is 15.9 Å². The van der Waals surface area contributed by atoms with Crippen molar-refractivity contribution in [3.8, 4) is 11.5 Å². The van der Waals surface area contributed by atoms with E-state index in [1.807, 2.05) is 0 Å². The van der Waals surface area contributed by atoms with Crippen LogP contribution >= 0.6 is 11.6 Å². The first-order valence-corrected chi connectivity index (χ1v) is 7.83. The first-order chi connectivity index (χ1) is 8.37. The molecule has 1 heterocycles. The number of hydrogen-bond donors (Lipinski definition) is 1. The Morgan fingerprint density at radius 3 is 2.44 bits per heavy atom. The number of sulfone groups is 1. The van der Waals surface area contributed by atoms with E-state index in [-0.39, 0.29) is 5.75 Å². The lowest BCUT2D eigenvalue weighted by Gasteiger charge is -2.21. The van der Waals surface area contributed by atoms with Gasteiger partial charge in [-0.1, -0.05) is 11.6 Å². The Kier molecular flexibility index (Phi) is 3.70. The molecule has 100 valence electrons. The van der Waals surface area contributed by atoms with Crippen LogP contribution in [-0.4, -0.2) is 33.6 Å². The molecular weight excluding hydrogens is 278 g/mol. The lowest BCUT2D eigenvalue weighted by molar-refractivity contribution is 0.171. The monoisotopic (exact) mass is 291 g/mol.